The van der Waals surface area contributed by atoms with E-state index < -0.39 is 0 Å². The third-order valence-electron chi connectivity index (χ3n) is 1.83. The minimum absolute atomic E-state index is 0.143. The van der Waals surface area contributed by atoms with Crippen molar-refractivity contribution in [1.29, 1.82) is 0 Å². The van der Waals surface area contributed by atoms with Gasteiger partial charge in [0.1, 0.15) is 12.3 Å². The van der Waals surface area contributed by atoms with E-state index in [9.17, 15) is 4.79 Å². The number of rotatable bonds is 6. The van der Waals surface area contributed by atoms with E-state index in [1.165, 1.54) is 11.9 Å². The number of carbonyl (C=O) groups excluding carboxylic acids is 1. The Labute approximate surface area is 110 Å². The normalized spacial score (nSPS) is 10.1. The van der Waals surface area contributed by atoms with Gasteiger partial charge >= 0.3 is 5.97 Å². The number of methoxy groups -OCH3 is 1. The van der Waals surface area contributed by atoms with Crippen LogP contribution >= 0.6 is 23.5 Å². The molecule has 4 nitrogen and oxygen atoms in total. The van der Waals surface area contributed by atoms with Gasteiger partial charge in [-0.05, 0) is 37.1 Å². The van der Waals surface area contributed by atoms with E-state index in [1.807, 2.05) is 6.07 Å². The molecule has 0 amide bonds. The van der Waals surface area contributed by atoms with Crippen molar-refractivity contribution in [2.75, 3.05) is 20.3 Å². The lowest BCUT2D eigenvalue weighted by Crippen LogP contribution is -2.19. The van der Waals surface area contributed by atoms with Crippen LogP contribution in [0, 0.1) is 0 Å². The van der Waals surface area contributed by atoms with Crippen LogP contribution in [0.25, 0.3) is 0 Å². The van der Waals surface area contributed by atoms with Gasteiger partial charge in [0.05, 0.1) is 18.6 Å². The van der Waals surface area contributed by atoms with Gasteiger partial charge in [-0.1, -0.05) is 11.6 Å². The largest absolute Gasteiger partial charge is 0.495 e. The summed E-state index contributed by atoms with van der Waals surface area (Å²) in [7, 11) is 1.57. The van der Waals surface area contributed by atoms with Crippen LogP contribution < -0.4 is 9.46 Å². The molecule has 0 aliphatic heterocycles. The van der Waals surface area contributed by atoms with Crippen LogP contribution in [0.4, 0.5) is 0 Å². The highest BCUT2D eigenvalue weighted by Crippen LogP contribution is 2.29. The van der Waals surface area contributed by atoms with Crippen LogP contribution in [0.3, 0.4) is 0 Å². The molecule has 1 rings (SSSR count). The fourth-order valence-corrected chi connectivity index (χ4v) is 2.00. The lowest BCUT2D eigenvalue weighted by molar-refractivity contribution is -0.141. The summed E-state index contributed by atoms with van der Waals surface area (Å²) in [6.07, 6.45) is 0. The van der Waals surface area contributed by atoms with Crippen LogP contribution in [-0.4, -0.2) is 26.2 Å². The highest BCUT2D eigenvalue weighted by Gasteiger charge is 2.06. The number of carbonyl (C=O) groups is 1. The van der Waals surface area contributed by atoms with Crippen LogP contribution in [0.15, 0.2) is 23.1 Å². The molecule has 0 atom stereocenters. The van der Waals surface area contributed by atoms with E-state index in [2.05, 4.69) is 4.72 Å². The standard InChI is InChI=1S/C11H14ClNO3S/c1-3-16-11(14)7-13-17-10-5-4-8(12)6-9(10)15-2/h4-6,13H,3,7H2,1-2H3. The van der Waals surface area contributed by atoms with Crippen molar-refractivity contribution in [2.24, 2.45) is 0 Å². The molecule has 1 N–H and O–H groups in total. The van der Waals surface area contributed by atoms with E-state index in [1.54, 1.807) is 26.2 Å². The predicted molar refractivity (Wildman–Crippen MR) is 68.5 cm³/mol. The summed E-state index contributed by atoms with van der Waals surface area (Å²) in [5.41, 5.74) is 0. The highest BCUT2D eigenvalue weighted by molar-refractivity contribution is 7.97. The molecule has 94 valence electrons. The van der Waals surface area contributed by atoms with Gasteiger partial charge in [-0.2, -0.15) is 0 Å². The molecular weight excluding hydrogens is 262 g/mol. The summed E-state index contributed by atoms with van der Waals surface area (Å²) in [4.78, 5) is 12.0. The molecule has 0 bridgehead atoms. The maximum absolute atomic E-state index is 11.1. The Bertz CT molecular complexity index is 387. The molecule has 0 aromatic heterocycles. The van der Waals surface area contributed by atoms with Gasteiger partial charge in [-0.25, -0.2) is 4.72 Å². The molecule has 0 spiro atoms. The summed E-state index contributed by atoms with van der Waals surface area (Å²) in [5.74, 6) is 0.381. The fraction of sp³-hybridized carbons (Fsp3) is 0.364. The molecule has 0 fully saturated rings. The quantitative estimate of drug-likeness (QED) is 0.638. The molecule has 0 aliphatic rings. The van der Waals surface area contributed by atoms with Crippen molar-refractivity contribution < 1.29 is 14.3 Å². The second kappa shape index (κ2) is 7.42. The van der Waals surface area contributed by atoms with Crippen molar-refractivity contribution in [3.63, 3.8) is 0 Å². The van der Waals surface area contributed by atoms with Crippen LogP contribution in [0.5, 0.6) is 5.75 Å². The first-order valence-corrected chi connectivity index (χ1v) is 6.25. The van der Waals surface area contributed by atoms with E-state index in [4.69, 9.17) is 21.1 Å². The van der Waals surface area contributed by atoms with Gasteiger partial charge < -0.3 is 9.47 Å². The molecule has 0 saturated carbocycles. The molecule has 0 radical (unpaired) electrons. The Morgan fingerprint density at radius 2 is 2.29 bits per heavy atom. The molecule has 1 aromatic rings. The van der Waals surface area contributed by atoms with E-state index in [0.29, 0.717) is 17.4 Å². The first-order chi connectivity index (χ1) is 8.17. The monoisotopic (exact) mass is 275 g/mol. The Balaban J connectivity index is 2.49. The maximum Gasteiger partial charge on any atom is 0.320 e. The lowest BCUT2D eigenvalue weighted by atomic mass is 10.3. The second-order valence-electron chi connectivity index (χ2n) is 3.02. The van der Waals surface area contributed by atoms with Crippen molar-refractivity contribution in [3.05, 3.63) is 23.2 Å². The van der Waals surface area contributed by atoms with E-state index in [0.717, 1.165) is 4.90 Å². The van der Waals surface area contributed by atoms with Crippen LogP contribution in [0.1, 0.15) is 6.92 Å². The number of nitrogens with one attached hydrogen (secondary N) is 1. The van der Waals surface area contributed by atoms with Crippen molar-refractivity contribution in [1.82, 2.24) is 4.72 Å². The van der Waals surface area contributed by atoms with Crippen LogP contribution in [-0.2, 0) is 9.53 Å². The van der Waals surface area contributed by atoms with Gasteiger partial charge in [0.15, 0.2) is 0 Å². The lowest BCUT2D eigenvalue weighted by Gasteiger charge is -2.08. The average molecular weight is 276 g/mol. The summed E-state index contributed by atoms with van der Waals surface area (Å²) in [6.45, 7) is 2.30. The zero-order valence-electron chi connectivity index (χ0n) is 9.66. The smallest absolute Gasteiger partial charge is 0.320 e. The third-order valence-corrected chi connectivity index (χ3v) is 2.91. The zero-order chi connectivity index (χ0) is 12.7. The van der Waals surface area contributed by atoms with Crippen LogP contribution in [0.2, 0.25) is 5.02 Å². The minimum atomic E-state index is -0.284. The number of ether oxygens (including phenoxy) is 2. The number of hydrogen-bond donors (Lipinski definition) is 1. The minimum Gasteiger partial charge on any atom is -0.495 e. The average Bonchev–Trinajstić information content (AvgIpc) is 2.31. The summed E-state index contributed by atoms with van der Waals surface area (Å²) in [5, 5.41) is 0.608. The topological polar surface area (TPSA) is 47.6 Å². The van der Waals surface area contributed by atoms with Crippen molar-refractivity contribution >= 4 is 29.5 Å². The molecule has 1 aromatic carbocycles. The van der Waals surface area contributed by atoms with Crippen molar-refractivity contribution in [3.8, 4) is 5.75 Å². The first-order valence-electron chi connectivity index (χ1n) is 5.06. The van der Waals surface area contributed by atoms with E-state index in [-0.39, 0.29) is 12.5 Å². The molecule has 17 heavy (non-hydrogen) atoms. The summed E-state index contributed by atoms with van der Waals surface area (Å²) in [6, 6.07) is 5.30. The zero-order valence-corrected chi connectivity index (χ0v) is 11.2. The molecule has 0 saturated heterocycles. The summed E-state index contributed by atoms with van der Waals surface area (Å²) >= 11 is 7.14. The third kappa shape index (κ3) is 4.85. The van der Waals surface area contributed by atoms with Gasteiger partial charge in [0, 0.05) is 5.02 Å². The second-order valence-corrected chi connectivity index (χ2v) is 4.39. The van der Waals surface area contributed by atoms with Gasteiger partial charge in [0.2, 0.25) is 0 Å². The SMILES string of the molecule is CCOC(=O)CNSc1ccc(Cl)cc1OC. The number of esters is 1. The molecule has 0 heterocycles. The Kier molecular flexibility index (Phi) is 6.18. The number of benzene rings is 1. The number of hydrogen-bond acceptors (Lipinski definition) is 5. The molecule has 0 aliphatic carbocycles. The molecular formula is C11H14ClNO3S. The van der Waals surface area contributed by atoms with E-state index >= 15 is 0 Å². The van der Waals surface area contributed by atoms with Gasteiger partial charge in [0.25, 0.3) is 0 Å². The maximum atomic E-state index is 11.1. The Morgan fingerprint density at radius 3 is 2.94 bits per heavy atom. The predicted octanol–water partition coefficient (Wildman–Crippen LogP) is 2.51. The Hall–Kier alpha value is -0.910. The number of halogens is 1. The molecule has 0 unspecified atom stereocenters. The van der Waals surface area contributed by atoms with Crippen molar-refractivity contribution in [2.45, 2.75) is 11.8 Å². The molecule has 6 heteroatoms. The Morgan fingerprint density at radius 1 is 1.53 bits per heavy atom. The van der Waals surface area contributed by atoms with Gasteiger partial charge in [-0.15, -0.1) is 0 Å². The highest BCUT2D eigenvalue weighted by atomic mass is 35.5. The summed E-state index contributed by atoms with van der Waals surface area (Å²) < 4.78 is 12.9. The van der Waals surface area contributed by atoms with Gasteiger partial charge in [-0.3, -0.25) is 4.79 Å². The first kappa shape index (κ1) is 14.2. The fourth-order valence-electron chi connectivity index (χ4n) is 1.11.